The third-order valence-corrected chi connectivity index (χ3v) is 8.75. The molecule has 1 amide bonds. The summed E-state index contributed by atoms with van der Waals surface area (Å²) in [6.45, 7) is 4.80. The van der Waals surface area contributed by atoms with Crippen LogP contribution in [0, 0.1) is 0 Å². The topological polar surface area (TPSA) is 105 Å². The first-order valence-electron chi connectivity index (χ1n) is 17.6. The van der Waals surface area contributed by atoms with Crippen LogP contribution in [0.15, 0.2) is 12.2 Å². The Morgan fingerprint density at radius 2 is 1.26 bits per heavy atom. The smallest absolute Gasteiger partial charge is 0.391 e. The second-order valence-corrected chi connectivity index (χ2v) is 14.7. The standard InChI is InChI=1S/C34H69N2O6P/c1-6-8-10-12-14-16-18-20-22-24-26-28-34(38)35-32(31-42-43(39,40)41-30-29-36(3,4)5)33(37)27-25-23-21-19-17-15-13-11-9-7-2/h17,19,32-33,37H,6-16,18,20-31H2,1-5H3,(H-,35,38,39,40)/p+1/b19-17+/t32-,33+/m0/s1. The van der Waals surface area contributed by atoms with E-state index >= 15 is 0 Å². The van der Waals surface area contributed by atoms with Gasteiger partial charge in [-0.25, -0.2) is 4.57 Å². The number of hydrogen-bond acceptors (Lipinski definition) is 5. The second kappa shape index (κ2) is 27.5. The van der Waals surface area contributed by atoms with Gasteiger partial charge in [-0.05, 0) is 38.5 Å². The Balaban J connectivity index is 4.56. The number of allylic oxidation sites excluding steroid dienone is 2. The molecule has 0 aliphatic carbocycles. The molecule has 0 spiro atoms. The van der Waals surface area contributed by atoms with Gasteiger partial charge in [0.15, 0.2) is 0 Å². The van der Waals surface area contributed by atoms with E-state index in [1.54, 1.807) is 0 Å². The van der Waals surface area contributed by atoms with Gasteiger partial charge in [-0.2, -0.15) is 0 Å². The van der Waals surface area contributed by atoms with Crippen LogP contribution in [0.25, 0.3) is 0 Å². The highest BCUT2D eigenvalue weighted by molar-refractivity contribution is 7.47. The lowest BCUT2D eigenvalue weighted by Gasteiger charge is -2.26. The first-order valence-corrected chi connectivity index (χ1v) is 19.0. The van der Waals surface area contributed by atoms with Crippen LogP contribution in [0.5, 0.6) is 0 Å². The fraction of sp³-hybridized carbons (Fsp3) is 0.912. The van der Waals surface area contributed by atoms with Gasteiger partial charge in [0.25, 0.3) is 0 Å². The van der Waals surface area contributed by atoms with E-state index in [2.05, 4.69) is 31.3 Å². The molecule has 8 nitrogen and oxygen atoms in total. The summed E-state index contributed by atoms with van der Waals surface area (Å²) in [7, 11) is 1.60. The Bertz CT molecular complexity index is 728. The van der Waals surface area contributed by atoms with E-state index in [1.165, 1.54) is 77.0 Å². The Hall–Kier alpha value is -0.760. The van der Waals surface area contributed by atoms with Gasteiger partial charge in [-0.15, -0.1) is 0 Å². The lowest BCUT2D eigenvalue weighted by atomic mass is 10.0. The zero-order valence-corrected chi connectivity index (χ0v) is 29.6. The number of carbonyl (C=O) groups excluding carboxylic acids is 1. The number of likely N-dealkylation sites (N-methyl/N-ethyl adjacent to an activating group) is 1. The monoisotopic (exact) mass is 633 g/mol. The number of rotatable bonds is 31. The summed E-state index contributed by atoms with van der Waals surface area (Å²) < 4.78 is 23.4. The molecular formula is C34H70N2O6P+. The predicted octanol–water partition coefficient (Wildman–Crippen LogP) is 8.46. The molecule has 0 aliphatic rings. The summed E-state index contributed by atoms with van der Waals surface area (Å²) in [5, 5.41) is 13.8. The first-order chi connectivity index (χ1) is 20.5. The number of nitrogens with zero attached hydrogens (tertiary/aromatic N) is 1. The minimum absolute atomic E-state index is 0.0713. The maximum atomic E-state index is 12.7. The molecule has 9 heteroatoms. The number of phosphoric acid groups is 1. The minimum Gasteiger partial charge on any atom is -0.391 e. The highest BCUT2D eigenvalue weighted by atomic mass is 31.2. The largest absolute Gasteiger partial charge is 0.472 e. The van der Waals surface area contributed by atoms with Crippen molar-refractivity contribution in [1.82, 2.24) is 5.32 Å². The SMILES string of the molecule is CCCCCC/C=C/CCCC[C@@H](O)[C@H](COP(=O)(O)OCC[N+](C)(C)C)NC(=O)CCCCCCCCCCCCC. The zero-order chi connectivity index (χ0) is 32.2. The van der Waals surface area contributed by atoms with Gasteiger partial charge >= 0.3 is 7.82 Å². The minimum atomic E-state index is -4.30. The Kier molecular flexibility index (Phi) is 27.1. The van der Waals surface area contributed by atoms with E-state index in [-0.39, 0.29) is 19.1 Å². The number of quaternary nitrogens is 1. The van der Waals surface area contributed by atoms with Gasteiger partial charge in [0.05, 0.1) is 39.9 Å². The molecule has 0 rings (SSSR count). The highest BCUT2D eigenvalue weighted by Gasteiger charge is 2.28. The molecule has 3 N–H and O–H groups in total. The van der Waals surface area contributed by atoms with Gasteiger partial charge in [0, 0.05) is 6.42 Å². The van der Waals surface area contributed by atoms with Crippen LogP contribution in [-0.2, 0) is 18.4 Å². The van der Waals surface area contributed by atoms with Crippen molar-refractivity contribution in [2.75, 3.05) is 40.9 Å². The summed E-state index contributed by atoms with van der Waals surface area (Å²) in [6.07, 6.45) is 26.6. The third-order valence-electron chi connectivity index (χ3n) is 7.76. The van der Waals surface area contributed by atoms with Crippen molar-refractivity contribution in [3.05, 3.63) is 12.2 Å². The van der Waals surface area contributed by atoms with Crippen LogP contribution in [-0.4, -0.2) is 73.4 Å². The number of aliphatic hydroxyl groups is 1. The fourth-order valence-corrected chi connectivity index (χ4v) is 5.60. The number of amides is 1. The fourth-order valence-electron chi connectivity index (χ4n) is 4.86. The predicted molar refractivity (Wildman–Crippen MR) is 180 cm³/mol. The summed E-state index contributed by atoms with van der Waals surface area (Å²) in [5.41, 5.74) is 0. The summed E-state index contributed by atoms with van der Waals surface area (Å²) in [5.74, 6) is -0.159. The molecule has 43 heavy (non-hydrogen) atoms. The molecule has 0 aromatic rings. The zero-order valence-electron chi connectivity index (χ0n) is 28.7. The normalized spacial score (nSPS) is 15.0. The van der Waals surface area contributed by atoms with Crippen LogP contribution >= 0.6 is 7.82 Å². The van der Waals surface area contributed by atoms with Gasteiger partial charge < -0.3 is 19.8 Å². The maximum absolute atomic E-state index is 12.7. The number of hydrogen-bond donors (Lipinski definition) is 3. The van der Waals surface area contributed by atoms with Crippen molar-refractivity contribution in [1.29, 1.82) is 0 Å². The number of unbranched alkanes of at least 4 members (excludes halogenated alkanes) is 16. The second-order valence-electron chi connectivity index (χ2n) is 13.2. The molecule has 0 aromatic heterocycles. The molecule has 0 saturated heterocycles. The summed E-state index contributed by atoms with van der Waals surface area (Å²) in [6, 6.07) is -0.767. The molecule has 0 radical (unpaired) electrons. The third kappa shape index (κ3) is 29.7. The van der Waals surface area contributed by atoms with Crippen molar-refractivity contribution in [3.8, 4) is 0 Å². The summed E-state index contributed by atoms with van der Waals surface area (Å²) >= 11 is 0. The summed E-state index contributed by atoms with van der Waals surface area (Å²) in [4.78, 5) is 22.9. The van der Waals surface area contributed by atoms with Crippen LogP contribution < -0.4 is 5.32 Å². The lowest BCUT2D eigenvalue weighted by Crippen LogP contribution is -2.46. The number of aliphatic hydroxyl groups excluding tert-OH is 1. The van der Waals surface area contributed by atoms with Gasteiger partial charge in [-0.1, -0.05) is 116 Å². The molecule has 0 fully saturated rings. The van der Waals surface area contributed by atoms with Crippen molar-refractivity contribution < 1.29 is 32.9 Å². The van der Waals surface area contributed by atoms with Crippen LogP contribution in [0.2, 0.25) is 0 Å². The van der Waals surface area contributed by atoms with E-state index < -0.39 is 20.0 Å². The molecule has 0 heterocycles. The quantitative estimate of drug-likeness (QED) is 0.0306. The number of nitrogens with one attached hydrogen (secondary N) is 1. The Morgan fingerprint density at radius 3 is 1.79 bits per heavy atom. The molecule has 1 unspecified atom stereocenters. The van der Waals surface area contributed by atoms with E-state index in [0.717, 1.165) is 44.9 Å². The van der Waals surface area contributed by atoms with Gasteiger partial charge in [-0.3, -0.25) is 13.8 Å². The Labute approximate surface area is 265 Å². The molecule has 256 valence electrons. The van der Waals surface area contributed by atoms with E-state index in [0.29, 0.717) is 23.9 Å². The van der Waals surface area contributed by atoms with Crippen molar-refractivity contribution in [2.24, 2.45) is 0 Å². The van der Waals surface area contributed by atoms with E-state index in [4.69, 9.17) is 9.05 Å². The van der Waals surface area contributed by atoms with Crippen molar-refractivity contribution >= 4 is 13.7 Å². The molecule has 0 bridgehead atoms. The van der Waals surface area contributed by atoms with Gasteiger partial charge in [0.2, 0.25) is 5.91 Å². The average Bonchev–Trinajstić information content (AvgIpc) is 2.94. The van der Waals surface area contributed by atoms with E-state index in [9.17, 15) is 19.4 Å². The van der Waals surface area contributed by atoms with Crippen LogP contribution in [0.3, 0.4) is 0 Å². The maximum Gasteiger partial charge on any atom is 0.472 e. The van der Waals surface area contributed by atoms with Crippen LogP contribution in [0.1, 0.15) is 149 Å². The van der Waals surface area contributed by atoms with Crippen molar-refractivity contribution in [3.63, 3.8) is 0 Å². The molecule has 0 aliphatic heterocycles. The number of carbonyl (C=O) groups is 1. The molecule has 0 aromatic carbocycles. The average molecular weight is 634 g/mol. The number of phosphoric ester groups is 1. The highest BCUT2D eigenvalue weighted by Crippen LogP contribution is 2.43. The van der Waals surface area contributed by atoms with Gasteiger partial charge in [0.1, 0.15) is 13.2 Å². The lowest BCUT2D eigenvalue weighted by molar-refractivity contribution is -0.870. The molecule has 3 atom stereocenters. The van der Waals surface area contributed by atoms with Crippen LogP contribution in [0.4, 0.5) is 0 Å². The molecular weight excluding hydrogens is 563 g/mol. The Morgan fingerprint density at radius 1 is 0.767 bits per heavy atom. The first kappa shape index (κ1) is 42.2. The van der Waals surface area contributed by atoms with Crippen molar-refractivity contribution in [2.45, 2.75) is 161 Å². The van der Waals surface area contributed by atoms with E-state index in [1.807, 2.05) is 21.1 Å². The molecule has 0 saturated carbocycles.